The fourth-order valence-electron chi connectivity index (χ4n) is 3.63. The SMILES string of the molecule is CC(=O)c1ccc2c(c1)CCCN2C(=O)c1ccc(-c2ccc(Cl)cc2)cc1. The van der Waals surface area contributed by atoms with Crippen molar-refractivity contribution in [1.29, 1.82) is 0 Å². The van der Waals surface area contributed by atoms with E-state index in [-0.39, 0.29) is 11.7 Å². The number of anilines is 1. The summed E-state index contributed by atoms with van der Waals surface area (Å²) in [5.74, 6) is 0.0308. The third-order valence-corrected chi connectivity index (χ3v) is 5.41. The second-order valence-electron chi connectivity index (χ2n) is 7.04. The molecule has 3 aromatic rings. The number of Topliss-reactive ketones (excluding diaryl/α,β-unsaturated/α-hetero) is 1. The van der Waals surface area contributed by atoms with E-state index >= 15 is 0 Å². The maximum Gasteiger partial charge on any atom is 0.258 e. The van der Waals surface area contributed by atoms with Gasteiger partial charge in [0.15, 0.2) is 5.78 Å². The van der Waals surface area contributed by atoms with Gasteiger partial charge in [-0.1, -0.05) is 35.9 Å². The summed E-state index contributed by atoms with van der Waals surface area (Å²) in [5.41, 5.74) is 5.41. The van der Waals surface area contributed by atoms with Crippen molar-refractivity contribution in [3.05, 3.63) is 88.4 Å². The van der Waals surface area contributed by atoms with Gasteiger partial charge in [0.05, 0.1) is 0 Å². The topological polar surface area (TPSA) is 37.4 Å². The summed E-state index contributed by atoms with van der Waals surface area (Å²) in [6.45, 7) is 2.25. The zero-order valence-electron chi connectivity index (χ0n) is 15.6. The molecule has 3 nitrogen and oxygen atoms in total. The number of hydrogen-bond acceptors (Lipinski definition) is 2. The third-order valence-electron chi connectivity index (χ3n) is 5.16. The van der Waals surface area contributed by atoms with Gasteiger partial charge >= 0.3 is 0 Å². The number of amides is 1. The van der Waals surface area contributed by atoms with Gasteiger partial charge in [0.1, 0.15) is 0 Å². The lowest BCUT2D eigenvalue weighted by molar-refractivity contribution is 0.0984. The van der Waals surface area contributed by atoms with Gasteiger partial charge in [-0.2, -0.15) is 0 Å². The van der Waals surface area contributed by atoms with Crippen LogP contribution < -0.4 is 4.90 Å². The van der Waals surface area contributed by atoms with Crippen LogP contribution in [0.15, 0.2) is 66.7 Å². The number of rotatable bonds is 3. The molecule has 3 aromatic carbocycles. The number of nitrogens with zero attached hydrogens (tertiary/aromatic N) is 1. The molecule has 0 saturated carbocycles. The largest absolute Gasteiger partial charge is 0.308 e. The molecule has 0 fully saturated rings. The van der Waals surface area contributed by atoms with E-state index < -0.39 is 0 Å². The quantitative estimate of drug-likeness (QED) is 0.530. The van der Waals surface area contributed by atoms with Crippen molar-refractivity contribution in [1.82, 2.24) is 0 Å². The van der Waals surface area contributed by atoms with Gasteiger partial charge in [0.25, 0.3) is 5.91 Å². The third kappa shape index (κ3) is 3.58. The van der Waals surface area contributed by atoms with Gasteiger partial charge in [0.2, 0.25) is 0 Å². The molecule has 1 aliphatic rings. The van der Waals surface area contributed by atoms with E-state index in [0.29, 0.717) is 22.7 Å². The summed E-state index contributed by atoms with van der Waals surface area (Å²) in [7, 11) is 0. The normalized spacial score (nSPS) is 13.1. The Morgan fingerprint density at radius 1 is 0.857 bits per heavy atom. The Labute approximate surface area is 169 Å². The van der Waals surface area contributed by atoms with Gasteiger partial charge in [-0.15, -0.1) is 0 Å². The summed E-state index contributed by atoms with van der Waals surface area (Å²) in [6.07, 6.45) is 1.78. The summed E-state index contributed by atoms with van der Waals surface area (Å²) < 4.78 is 0. The first-order chi connectivity index (χ1) is 13.5. The fraction of sp³-hybridized carbons (Fsp3) is 0.167. The van der Waals surface area contributed by atoms with E-state index in [0.717, 1.165) is 35.2 Å². The van der Waals surface area contributed by atoms with Crippen LogP contribution in [0, 0.1) is 0 Å². The van der Waals surface area contributed by atoms with Crippen LogP contribution in [-0.4, -0.2) is 18.2 Å². The molecule has 0 aliphatic carbocycles. The van der Waals surface area contributed by atoms with Gasteiger partial charge < -0.3 is 4.90 Å². The molecule has 0 saturated heterocycles. The highest BCUT2D eigenvalue weighted by atomic mass is 35.5. The second kappa shape index (κ2) is 7.61. The highest BCUT2D eigenvalue weighted by Crippen LogP contribution is 2.30. The zero-order chi connectivity index (χ0) is 19.7. The van der Waals surface area contributed by atoms with E-state index in [9.17, 15) is 9.59 Å². The van der Waals surface area contributed by atoms with Crippen LogP contribution in [0.1, 0.15) is 39.6 Å². The summed E-state index contributed by atoms with van der Waals surface area (Å²) >= 11 is 5.95. The fourth-order valence-corrected chi connectivity index (χ4v) is 3.76. The van der Waals surface area contributed by atoms with Crippen LogP contribution in [0.4, 0.5) is 5.69 Å². The zero-order valence-corrected chi connectivity index (χ0v) is 16.4. The predicted octanol–water partition coefficient (Wildman–Crippen LogP) is 5.80. The van der Waals surface area contributed by atoms with Crippen molar-refractivity contribution >= 4 is 29.0 Å². The number of fused-ring (bicyclic) bond motifs is 1. The Morgan fingerprint density at radius 3 is 2.11 bits per heavy atom. The minimum absolute atomic E-state index is 0.0146. The molecule has 140 valence electrons. The van der Waals surface area contributed by atoms with Crippen LogP contribution in [-0.2, 0) is 6.42 Å². The molecular formula is C24H20ClNO2. The molecule has 0 aromatic heterocycles. The molecular weight excluding hydrogens is 370 g/mol. The Hall–Kier alpha value is -2.91. The number of benzene rings is 3. The number of ketones is 1. The maximum absolute atomic E-state index is 13.1. The summed E-state index contributed by atoms with van der Waals surface area (Å²) in [5, 5.41) is 0.701. The molecule has 0 unspecified atom stereocenters. The summed E-state index contributed by atoms with van der Waals surface area (Å²) in [6, 6.07) is 20.9. The molecule has 1 amide bonds. The molecule has 0 atom stereocenters. The predicted molar refractivity (Wildman–Crippen MR) is 113 cm³/mol. The van der Waals surface area contributed by atoms with Crippen molar-refractivity contribution in [2.24, 2.45) is 0 Å². The van der Waals surface area contributed by atoms with E-state index in [1.807, 2.05) is 65.6 Å². The lowest BCUT2D eigenvalue weighted by atomic mass is 9.97. The van der Waals surface area contributed by atoms with E-state index in [4.69, 9.17) is 11.6 Å². The van der Waals surface area contributed by atoms with Crippen LogP contribution in [0.3, 0.4) is 0 Å². The minimum Gasteiger partial charge on any atom is -0.308 e. The molecule has 28 heavy (non-hydrogen) atoms. The monoisotopic (exact) mass is 389 g/mol. The molecule has 1 heterocycles. The van der Waals surface area contributed by atoms with Gasteiger partial charge in [0, 0.05) is 28.4 Å². The Balaban J connectivity index is 1.60. The number of hydrogen-bond donors (Lipinski definition) is 0. The van der Waals surface area contributed by atoms with Crippen molar-refractivity contribution in [2.75, 3.05) is 11.4 Å². The number of carbonyl (C=O) groups is 2. The second-order valence-corrected chi connectivity index (χ2v) is 7.48. The van der Waals surface area contributed by atoms with Crippen LogP contribution in [0.2, 0.25) is 5.02 Å². The number of aryl methyl sites for hydroxylation is 1. The smallest absolute Gasteiger partial charge is 0.258 e. The summed E-state index contributed by atoms with van der Waals surface area (Å²) in [4.78, 5) is 26.6. The van der Waals surface area contributed by atoms with Crippen molar-refractivity contribution in [3.8, 4) is 11.1 Å². The number of carbonyl (C=O) groups excluding carboxylic acids is 2. The first-order valence-corrected chi connectivity index (χ1v) is 9.72. The Bertz CT molecular complexity index is 1040. The first-order valence-electron chi connectivity index (χ1n) is 9.34. The molecule has 4 heteroatoms. The molecule has 4 rings (SSSR count). The van der Waals surface area contributed by atoms with Crippen molar-refractivity contribution in [2.45, 2.75) is 19.8 Å². The average molecular weight is 390 g/mol. The van der Waals surface area contributed by atoms with Gasteiger partial charge in [-0.05, 0) is 78.9 Å². The van der Waals surface area contributed by atoms with Crippen LogP contribution >= 0.6 is 11.6 Å². The lowest BCUT2D eigenvalue weighted by Gasteiger charge is -2.30. The highest BCUT2D eigenvalue weighted by molar-refractivity contribution is 6.30. The molecule has 1 aliphatic heterocycles. The standard InChI is InChI=1S/C24H20ClNO2/c1-16(27)20-10-13-23-21(15-20)3-2-14-26(23)24(28)19-6-4-17(5-7-19)18-8-11-22(25)12-9-18/h4-13,15H,2-3,14H2,1H3. The van der Waals surface area contributed by atoms with Gasteiger partial charge in [-0.3, -0.25) is 9.59 Å². The van der Waals surface area contributed by atoms with E-state index in [1.54, 1.807) is 13.0 Å². The minimum atomic E-state index is -0.0146. The lowest BCUT2D eigenvalue weighted by Crippen LogP contribution is -2.35. The first kappa shape index (κ1) is 18.5. The molecule has 0 spiro atoms. The van der Waals surface area contributed by atoms with E-state index in [1.165, 1.54) is 0 Å². The van der Waals surface area contributed by atoms with Crippen LogP contribution in [0.5, 0.6) is 0 Å². The van der Waals surface area contributed by atoms with Crippen LogP contribution in [0.25, 0.3) is 11.1 Å². The van der Waals surface area contributed by atoms with Crippen molar-refractivity contribution in [3.63, 3.8) is 0 Å². The molecule has 0 N–H and O–H groups in total. The van der Waals surface area contributed by atoms with Crippen molar-refractivity contribution < 1.29 is 9.59 Å². The molecule has 0 radical (unpaired) electrons. The Morgan fingerprint density at radius 2 is 1.46 bits per heavy atom. The highest BCUT2D eigenvalue weighted by Gasteiger charge is 2.24. The number of halogens is 1. The average Bonchev–Trinajstić information content (AvgIpc) is 2.73. The maximum atomic E-state index is 13.1. The molecule has 0 bridgehead atoms. The Kier molecular flexibility index (Phi) is 5.01. The van der Waals surface area contributed by atoms with Gasteiger partial charge in [-0.25, -0.2) is 0 Å². The van der Waals surface area contributed by atoms with E-state index in [2.05, 4.69) is 0 Å².